The van der Waals surface area contributed by atoms with Gasteiger partial charge in [-0.2, -0.15) is 0 Å². The molecule has 0 saturated carbocycles. The van der Waals surface area contributed by atoms with Gasteiger partial charge in [0.2, 0.25) is 11.8 Å². The molecule has 0 aromatic heterocycles. The molecule has 2 rings (SSSR count). The van der Waals surface area contributed by atoms with E-state index in [0.717, 1.165) is 51.9 Å². The van der Waals surface area contributed by atoms with Gasteiger partial charge in [0.05, 0.1) is 0 Å². The molecular weight excluding hydrogens is 254 g/mol. The molecule has 114 valence electrons. The van der Waals surface area contributed by atoms with Crippen molar-refractivity contribution < 1.29 is 9.59 Å². The van der Waals surface area contributed by atoms with E-state index in [1.54, 1.807) is 4.90 Å². The van der Waals surface area contributed by atoms with Gasteiger partial charge < -0.3 is 15.5 Å². The van der Waals surface area contributed by atoms with Crippen LogP contribution in [0.4, 0.5) is 0 Å². The molecule has 5 heteroatoms. The predicted molar refractivity (Wildman–Crippen MR) is 78.2 cm³/mol. The Balaban J connectivity index is 1.78. The van der Waals surface area contributed by atoms with Gasteiger partial charge >= 0.3 is 0 Å². The number of nitrogens with zero attached hydrogens (tertiary/aromatic N) is 1. The van der Waals surface area contributed by atoms with Crippen LogP contribution in [-0.4, -0.2) is 48.9 Å². The Morgan fingerprint density at radius 2 is 2.15 bits per heavy atom. The molecule has 2 aliphatic heterocycles. The van der Waals surface area contributed by atoms with E-state index in [0.29, 0.717) is 12.3 Å². The van der Waals surface area contributed by atoms with E-state index < -0.39 is 0 Å². The first-order valence-corrected chi connectivity index (χ1v) is 8.00. The van der Waals surface area contributed by atoms with E-state index in [1.807, 2.05) is 6.92 Å². The van der Waals surface area contributed by atoms with Crippen LogP contribution in [0.3, 0.4) is 0 Å². The molecule has 2 amide bonds. The number of carbonyl (C=O) groups is 2. The van der Waals surface area contributed by atoms with Crippen molar-refractivity contribution in [3.05, 3.63) is 0 Å². The van der Waals surface area contributed by atoms with Gasteiger partial charge in [0.1, 0.15) is 6.04 Å². The lowest BCUT2D eigenvalue weighted by molar-refractivity contribution is -0.142. The zero-order chi connectivity index (χ0) is 14.4. The van der Waals surface area contributed by atoms with Crippen LogP contribution in [0.2, 0.25) is 0 Å². The summed E-state index contributed by atoms with van der Waals surface area (Å²) in [7, 11) is 0. The third kappa shape index (κ3) is 3.95. The summed E-state index contributed by atoms with van der Waals surface area (Å²) < 4.78 is 0. The largest absolute Gasteiger partial charge is 0.354 e. The molecule has 2 aliphatic rings. The maximum absolute atomic E-state index is 12.3. The summed E-state index contributed by atoms with van der Waals surface area (Å²) in [6.07, 6.45) is 5.59. The van der Waals surface area contributed by atoms with Gasteiger partial charge in [-0.25, -0.2) is 0 Å². The highest BCUT2D eigenvalue weighted by Crippen LogP contribution is 2.18. The minimum absolute atomic E-state index is 0.0393. The molecule has 2 fully saturated rings. The standard InChI is InChI=1S/C15H27N3O2/c1-2-14(19)18-10-4-3-5-13(18)15(20)17-9-7-12-6-8-16-11-12/h12-13,16H,2-11H2,1H3,(H,17,20). The van der Waals surface area contributed by atoms with Crippen molar-refractivity contribution in [3.8, 4) is 0 Å². The maximum atomic E-state index is 12.3. The van der Waals surface area contributed by atoms with Crippen LogP contribution in [0.1, 0.15) is 45.4 Å². The average molecular weight is 281 g/mol. The van der Waals surface area contributed by atoms with Gasteiger partial charge in [-0.3, -0.25) is 9.59 Å². The van der Waals surface area contributed by atoms with Crippen LogP contribution in [0, 0.1) is 5.92 Å². The lowest BCUT2D eigenvalue weighted by Gasteiger charge is -2.34. The van der Waals surface area contributed by atoms with Crippen molar-refractivity contribution in [1.82, 2.24) is 15.5 Å². The molecule has 20 heavy (non-hydrogen) atoms. The Morgan fingerprint density at radius 1 is 1.30 bits per heavy atom. The van der Waals surface area contributed by atoms with Crippen LogP contribution in [0.25, 0.3) is 0 Å². The highest BCUT2D eigenvalue weighted by atomic mass is 16.2. The van der Waals surface area contributed by atoms with Crippen LogP contribution >= 0.6 is 0 Å². The van der Waals surface area contributed by atoms with Gasteiger partial charge in [-0.1, -0.05) is 6.92 Å². The first-order chi connectivity index (χ1) is 9.72. The number of amides is 2. The minimum Gasteiger partial charge on any atom is -0.354 e. The van der Waals surface area contributed by atoms with Crippen molar-refractivity contribution in [2.45, 2.75) is 51.5 Å². The molecule has 0 aromatic carbocycles. The highest BCUT2D eigenvalue weighted by Gasteiger charge is 2.31. The molecule has 0 bridgehead atoms. The number of likely N-dealkylation sites (tertiary alicyclic amines) is 1. The van der Waals surface area contributed by atoms with Gasteiger partial charge in [-0.05, 0) is 51.1 Å². The van der Waals surface area contributed by atoms with Crippen molar-refractivity contribution in [2.24, 2.45) is 5.92 Å². The minimum atomic E-state index is -0.238. The van der Waals surface area contributed by atoms with Crippen molar-refractivity contribution >= 4 is 11.8 Å². The van der Waals surface area contributed by atoms with Gasteiger partial charge in [0.15, 0.2) is 0 Å². The summed E-state index contributed by atoms with van der Waals surface area (Å²) in [6.45, 7) is 5.49. The van der Waals surface area contributed by atoms with Crippen molar-refractivity contribution in [2.75, 3.05) is 26.2 Å². The summed E-state index contributed by atoms with van der Waals surface area (Å²) in [5.41, 5.74) is 0. The van der Waals surface area contributed by atoms with Crippen LogP contribution in [0.5, 0.6) is 0 Å². The monoisotopic (exact) mass is 281 g/mol. The number of piperidine rings is 1. The lowest BCUT2D eigenvalue weighted by Crippen LogP contribution is -2.52. The van der Waals surface area contributed by atoms with E-state index >= 15 is 0 Å². The lowest BCUT2D eigenvalue weighted by atomic mass is 10.0. The zero-order valence-electron chi connectivity index (χ0n) is 12.5. The molecule has 5 nitrogen and oxygen atoms in total. The highest BCUT2D eigenvalue weighted by molar-refractivity contribution is 5.87. The third-order valence-electron chi connectivity index (χ3n) is 4.44. The Hall–Kier alpha value is -1.10. The smallest absolute Gasteiger partial charge is 0.242 e. The maximum Gasteiger partial charge on any atom is 0.242 e. The number of rotatable bonds is 5. The van der Waals surface area contributed by atoms with Gasteiger partial charge in [0.25, 0.3) is 0 Å². The van der Waals surface area contributed by atoms with E-state index in [9.17, 15) is 9.59 Å². The Labute approximate surface area is 121 Å². The SMILES string of the molecule is CCC(=O)N1CCCCC1C(=O)NCCC1CCNC1. The van der Waals surface area contributed by atoms with Gasteiger partial charge in [0, 0.05) is 19.5 Å². The van der Waals surface area contributed by atoms with Crippen molar-refractivity contribution in [3.63, 3.8) is 0 Å². The van der Waals surface area contributed by atoms with Crippen LogP contribution < -0.4 is 10.6 Å². The zero-order valence-corrected chi connectivity index (χ0v) is 12.5. The Kier molecular flexibility index (Phi) is 5.83. The topological polar surface area (TPSA) is 61.4 Å². The number of hydrogen-bond acceptors (Lipinski definition) is 3. The molecule has 2 heterocycles. The average Bonchev–Trinajstić information content (AvgIpc) is 2.99. The molecule has 0 radical (unpaired) electrons. The summed E-state index contributed by atoms with van der Waals surface area (Å²) in [5.74, 6) is 0.831. The first kappa shape index (κ1) is 15.3. The van der Waals surface area contributed by atoms with Crippen LogP contribution in [-0.2, 0) is 9.59 Å². The molecule has 0 aliphatic carbocycles. The fourth-order valence-corrected chi connectivity index (χ4v) is 3.18. The fraction of sp³-hybridized carbons (Fsp3) is 0.867. The molecule has 2 atom stereocenters. The Bertz CT molecular complexity index is 340. The number of nitrogens with one attached hydrogen (secondary N) is 2. The number of hydrogen-bond donors (Lipinski definition) is 2. The van der Waals surface area contributed by atoms with E-state index in [-0.39, 0.29) is 17.9 Å². The summed E-state index contributed by atoms with van der Waals surface area (Å²) in [4.78, 5) is 26.0. The molecule has 2 N–H and O–H groups in total. The first-order valence-electron chi connectivity index (χ1n) is 8.00. The second-order valence-electron chi connectivity index (χ2n) is 5.89. The molecule has 0 aromatic rings. The van der Waals surface area contributed by atoms with Gasteiger partial charge in [-0.15, -0.1) is 0 Å². The van der Waals surface area contributed by atoms with E-state index in [1.165, 1.54) is 6.42 Å². The normalized spacial score (nSPS) is 26.6. The second kappa shape index (κ2) is 7.62. The second-order valence-corrected chi connectivity index (χ2v) is 5.89. The quantitative estimate of drug-likeness (QED) is 0.787. The summed E-state index contributed by atoms with van der Waals surface area (Å²) >= 11 is 0. The molecular formula is C15H27N3O2. The van der Waals surface area contributed by atoms with Crippen LogP contribution in [0.15, 0.2) is 0 Å². The molecule has 0 spiro atoms. The molecule has 2 unspecified atom stereocenters. The summed E-state index contributed by atoms with van der Waals surface area (Å²) in [6, 6.07) is -0.238. The Morgan fingerprint density at radius 3 is 2.85 bits per heavy atom. The van der Waals surface area contributed by atoms with Crippen molar-refractivity contribution in [1.29, 1.82) is 0 Å². The molecule has 2 saturated heterocycles. The summed E-state index contributed by atoms with van der Waals surface area (Å²) in [5, 5.41) is 6.37. The third-order valence-corrected chi connectivity index (χ3v) is 4.44. The van der Waals surface area contributed by atoms with E-state index in [2.05, 4.69) is 10.6 Å². The fourth-order valence-electron chi connectivity index (χ4n) is 3.18. The number of carbonyl (C=O) groups excluding carboxylic acids is 2. The van der Waals surface area contributed by atoms with E-state index in [4.69, 9.17) is 0 Å². The predicted octanol–water partition coefficient (Wildman–Crippen LogP) is 0.893.